The molecule has 20 heavy (non-hydrogen) atoms. The maximum atomic E-state index is 4.56. The number of hydrogen-bond donors (Lipinski definition) is 0. The van der Waals surface area contributed by atoms with Crippen LogP contribution in [0.25, 0.3) is 11.2 Å². The van der Waals surface area contributed by atoms with Crippen molar-refractivity contribution in [3.8, 4) is 0 Å². The highest BCUT2D eigenvalue weighted by atomic mass is 15.3. The van der Waals surface area contributed by atoms with Gasteiger partial charge in [0.1, 0.15) is 5.52 Å². The summed E-state index contributed by atoms with van der Waals surface area (Å²) in [6, 6.07) is 1.82. The lowest BCUT2D eigenvalue weighted by Crippen LogP contribution is -2.46. The number of aromatic nitrogens is 6. The average molecular weight is 267 g/mol. The second kappa shape index (κ2) is 4.22. The van der Waals surface area contributed by atoms with Gasteiger partial charge in [-0.25, -0.2) is 24.6 Å². The van der Waals surface area contributed by atoms with Crippen LogP contribution in [0, 0.1) is 0 Å². The van der Waals surface area contributed by atoms with E-state index in [2.05, 4.69) is 29.9 Å². The lowest BCUT2D eigenvalue weighted by molar-refractivity contribution is 0.499. The first-order valence-corrected chi connectivity index (χ1v) is 6.48. The minimum atomic E-state index is 0.360. The van der Waals surface area contributed by atoms with Gasteiger partial charge in [-0.15, -0.1) is 0 Å². The Labute approximate surface area is 115 Å². The molecule has 0 atom stereocenters. The van der Waals surface area contributed by atoms with Crippen molar-refractivity contribution < 1.29 is 0 Å². The van der Waals surface area contributed by atoms with Gasteiger partial charge in [0.25, 0.3) is 0 Å². The van der Waals surface area contributed by atoms with Gasteiger partial charge in [-0.2, -0.15) is 5.10 Å². The lowest BCUT2D eigenvalue weighted by atomic mass is 9.96. The Hall–Kier alpha value is -2.57. The zero-order valence-corrected chi connectivity index (χ0v) is 11.0. The maximum Gasteiger partial charge on any atom is 0.225 e. The van der Waals surface area contributed by atoms with E-state index < -0.39 is 0 Å². The molecule has 3 aromatic heterocycles. The molecule has 4 heterocycles. The minimum Gasteiger partial charge on any atom is -0.339 e. The lowest BCUT2D eigenvalue weighted by Gasteiger charge is -2.38. The molecule has 0 radical (unpaired) electrons. The van der Waals surface area contributed by atoms with E-state index >= 15 is 0 Å². The van der Waals surface area contributed by atoms with Gasteiger partial charge in [-0.3, -0.25) is 0 Å². The van der Waals surface area contributed by atoms with Crippen LogP contribution in [0.2, 0.25) is 0 Å². The van der Waals surface area contributed by atoms with Gasteiger partial charge in [0.2, 0.25) is 5.95 Å². The van der Waals surface area contributed by atoms with E-state index in [-0.39, 0.29) is 0 Å². The average Bonchev–Trinajstić information content (AvgIpc) is 2.77. The fraction of sp³-hybridized carbons (Fsp3) is 0.308. The van der Waals surface area contributed by atoms with Crippen molar-refractivity contribution in [2.24, 2.45) is 7.05 Å². The highest BCUT2D eigenvalue weighted by Gasteiger charge is 2.33. The first kappa shape index (κ1) is 11.3. The molecule has 0 bridgehead atoms. The van der Waals surface area contributed by atoms with Crippen molar-refractivity contribution in [1.29, 1.82) is 0 Å². The molecule has 7 heteroatoms. The molecule has 0 N–H and O–H groups in total. The first-order chi connectivity index (χ1) is 9.83. The molecule has 1 fully saturated rings. The molecule has 0 aliphatic carbocycles. The highest BCUT2D eigenvalue weighted by molar-refractivity contribution is 5.74. The zero-order valence-electron chi connectivity index (χ0n) is 11.0. The summed E-state index contributed by atoms with van der Waals surface area (Å²) in [6.45, 7) is 1.74. The number of nitrogens with zero attached hydrogens (tertiary/aromatic N) is 7. The van der Waals surface area contributed by atoms with Crippen LogP contribution in [-0.2, 0) is 7.05 Å². The van der Waals surface area contributed by atoms with E-state index in [1.165, 1.54) is 0 Å². The topological polar surface area (TPSA) is 72.6 Å². The molecule has 1 aliphatic heterocycles. The molecular formula is C13H13N7. The van der Waals surface area contributed by atoms with Gasteiger partial charge in [0.15, 0.2) is 5.65 Å². The maximum absolute atomic E-state index is 4.56. The zero-order chi connectivity index (χ0) is 13.5. The van der Waals surface area contributed by atoms with Crippen molar-refractivity contribution in [3.05, 3.63) is 36.5 Å². The third-order valence-corrected chi connectivity index (χ3v) is 3.59. The Balaban J connectivity index is 1.61. The van der Waals surface area contributed by atoms with Crippen LogP contribution in [0.5, 0.6) is 0 Å². The van der Waals surface area contributed by atoms with Crippen molar-refractivity contribution in [2.75, 3.05) is 18.0 Å². The van der Waals surface area contributed by atoms with E-state index in [9.17, 15) is 0 Å². The molecule has 3 aromatic rings. The van der Waals surface area contributed by atoms with Crippen LogP contribution in [0.1, 0.15) is 11.6 Å². The summed E-state index contributed by atoms with van der Waals surface area (Å²) in [4.78, 5) is 19.4. The van der Waals surface area contributed by atoms with Crippen LogP contribution in [-0.4, -0.2) is 42.8 Å². The van der Waals surface area contributed by atoms with E-state index in [0.717, 1.165) is 35.9 Å². The Morgan fingerprint density at radius 2 is 1.75 bits per heavy atom. The molecule has 0 spiro atoms. The highest BCUT2D eigenvalue weighted by Crippen LogP contribution is 2.31. The van der Waals surface area contributed by atoms with Crippen molar-refractivity contribution >= 4 is 17.1 Å². The third kappa shape index (κ3) is 1.63. The molecule has 4 rings (SSSR count). The summed E-state index contributed by atoms with van der Waals surface area (Å²) in [5.74, 6) is 1.13. The SMILES string of the molecule is Cn1nc(C2CN(c3ncccn3)C2)c2nccnc21. The number of rotatable bonds is 2. The van der Waals surface area contributed by atoms with Gasteiger partial charge >= 0.3 is 0 Å². The first-order valence-electron chi connectivity index (χ1n) is 6.48. The van der Waals surface area contributed by atoms with Crippen LogP contribution in [0.3, 0.4) is 0 Å². The van der Waals surface area contributed by atoms with Crippen LogP contribution in [0.15, 0.2) is 30.9 Å². The fourth-order valence-electron chi connectivity index (χ4n) is 2.55. The Bertz CT molecular complexity index is 746. The van der Waals surface area contributed by atoms with Gasteiger partial charge < -0.3 is 4.90 Å². The van der Waals surface area contributed by atoms with Crippen molar-refractivity contribution in [3.63, 3.8) is 0 Å². The van der Waals surface area contributed by atoms with Crippen LogP contribution in [0.4, 0.5) is 5.95 Å². The van der Waals surface area contributed by atoms with E-state index in [1.807, 2.05) is 13.1 Å². The third-order valence-electron chi connectivity index (χ3n) is 3.59. The Morgan fingerprint density at radius 3 is 2.55 bits per heavy atom. The van der Waals surface area contributed by atoms with Crippen LogP contribution >= 0.6 is 0 Å². The fourth-order valence-corrected chi connectivity index (χ4v) is 2.55. The molecule has 0 amide bonds. The Morgan fingerprint density at radius 1 is 1.00 bits per heavy atom. The van der Waals surface area contributed by atoms with E-state index in [4.69, 9.17) is 0 Å². The number of anilines is 1. The normalized spacial score (nSPS) is 15.6. The van der Waals surface area contributed by atoms with E-state index in [1.54, 1.807) is 29.5 Å². The summed E-state index contributed by atoms with van der Waals surface area (Å²) in [6.07, 6.45) is 6.93. The quantitative estimate of drug-likeness (QED) is 0.682. The summed E-state index contributed by atoms with van der Waals surface area (Å²) in [5.41, 5.74) is 2.74. The summed E-state index contributed by atoms with van der Waals surface area (Å²) < 4.78 is 1.79. The molecule has 100 valence electrons. The summed E-state index contributed by atoms with van der Waals surface area (Å²) in [7, 11) is 1.90. The largest absolute Gasteiger partial charge is 0.339 e. The standard InChI is InChI=1S/C13H13N7/c1-19-12-11(14-5-6-15-12)10(18-19)9-7-20(8-9)13-16-3-2-4-17-13/h2-6,9H,7-8H2,1H3. The predicted octanol–water partition coefficient (Wildman–Crippen LogP) is 0.757. The number of hydrogen-bond acceptors (Lipinski definition) is 6. The number of aryl methyl sites for hydroxylation is 1. The summed E-state index contributed by atoms with van der Waals surface area (Å²) in [5, 5.41) is 4.56. The smallest absolute Gasteiger partial charge is 0.225 e. The monoisotopic (exact) mass is 267 g/mol. The predicted molar refractivity (Wildman–Crippen MR) is 73.3 cm³/mol. The molecule has 0 aromatic carbocycles. The van der Waals surface area contributed by atoms with E-state index in [0.29, 0.717) is 5.92 Å². The van der Waals surface area contributed by atoms with Crippen molar-refractivity contribution in [2.45, 2.75) is 5.92 Å². The molecule has 1 saturated heterocycles. The minimum absolute atomic E-state index is 0.360. The second-order valence-electron chi connectivity index (χ2n) is 4.89. The molecular weight excluding hydrogens is 254 g/mol. The molecule has 7 nitrogen and oxygen atoms in total. The Kier molecular flexibility index (Phi) is 2.38. The van der Waals surface area contributed by atoms with Gasteiger partial charge in [-0.1, -0.05) is 0 Å². The van der Waals surface area contributed by atoms with Crippen LogP contribution < -0.4 is 4.90 Å². The second-order valence-corrected chi connectivity index (χ2v) is 4.89. The number of fused-ring (bicyclic) bond motifs is 1. The van der Waals surface area contributed by atoms with Gasteiger partial charge in [0, 0.05) is 50.8 Å². The van der Waals surface area contributed by atoms with Gasteiger partial charge in [-0.05, 0) is 6.07 Å². The van der Waals surface area contributed by atoms with Gasteiger partial charge in [0.05, 0.1) is 5.69 Å². The van der Waals surface area contributed by atoms with Crippen molar-refractivity contribution in [1.82, 2.24) is 29.7 Å². The summed E-state index contributed by atoms with van der Waals surface area (Å²) >= 11 is 0. The molecule has 0 saturated carbocycles. The molecule has 1 aliphatic rings. The molecule has 0 unspecified atom stereocenters.